The number of urea groups is 1. The molecule has 1 heterocycles. The summed E-state index contributed by atoms with van der Waals surface area (Å²) < 4.78 is 13.8. The zero-order chi connectivity index (χ0) is 19.4. The first-order chi connectivity index (χ1) is 13.0. The van der Waals surface area contributed by atoms with Crippen LogP contribution in [0.3, 0.4) is 0 Å². The molecule has 1 saturated carbocycles. The van der Waals surface area contributed by atoms with Gasteiger partial charge in [-0.2, -0.15) is 5.26 Å². The maximum absolute atomic E-state index is 13.8. The molecule has 0 radical (unpaired) electrons. The third kappa shape index (κ3) is 4.30. The summed E-state index contributed by atoms with van der Waals surface area (Å²) in [6.07, 6.45) is 2.53. The van der Waals surface area contributed by atoms with Crippen LogP contribution in [0.1, 0.15) is 31.2 Å². The molecule has 1 aromatic carbocycles. The second-order valence-corrected chi connectivity index (χ2v) is 7.06. The molecule has 3 rings (SSSR count). The Balaban J connectivity index is 1.51. The standard InChI is InChI=1S/C19H23FN4O3/c20-16-2-1-3-17(15(16)12-21)23-8-10-24(11-9-23)19(27)22-14-6-4-13(5-7-14)18(25)26/h1-3,13-14H,4-11H2,(H,22,27)(H,25,26). The van der Waals surface area contributed by atoms with Crippen LogP contribution in [-0.4, -0.2) is 54.2 Å². The monoisotopic (exact) mass is 374 g/mol. The van der Waals surface area contributed by atoms with Gasteiger partial charge < -0.3 is 20.2 Å². The van der Waals surface area contributed by atoms with Crippen molar-refractivity contribution in [1.29, 1.82) is 5.26 Å². The van der Waals surface area contributed by atoms with Crippen molar-refractivity contribution < 1.29 is 19.1 Å². The minimum atomic E-state index is -0.759. The van der Waals surface area contributed by atoms with E-state index >= 15 is 0 Å². The Bertz CT molecular complexity index is 748. The lowest BCUT2D eigenvalue weighted by molar-refractivity contribution is -0.142. The first-order valence-corrected chi connectivity index (χ1v) is 9.21. The highest BCUT2D eigenvalue weighted by Crippen LogP contribution is 2.25. The maximum atomic E-state index is 13.8. The van der Waals surface area contributed by atoms with Gasteiger partial charge in [0, 0.05) is 32.2 Å². The zero-order valence-electron chi connectivity index (χ0n) is 15.0. The molecular formula is C19H23FN4O3. The van der Waals surface area contributed by atoms with Crippen LogP contribution in [0.4, 0.5) is 14.9 Å². The molecule has 0 aromatic heterocycles. The molecule has 8 heteroatoms. The van der Waals surface area contributed by atoms with Gasteiger partial charge in [-0.1, -0.05) is 6.07 Å². The Hall–Kier alpha value is -2.82. The number of hydrogen-bond donors (Lipinski definition) is 2. The van der Waals surface area contributed by atoms with E-state index in [0.717, 1.165) is 0 Å². The lowest BCUT2D eigenvalue weighted by Gasteiger charge is -2.37. The average molecular weight is 374 g/mol. The fourth-order valence-corrected chi connectivity index (χ4v) is 3.79. The number of carbonyl (C=O) groups excluding carboxylic acids is 1. The van der Waals surface area contributed by atoms with Gasteiger partial charge in [0.2, 0.25) is 0 Å². The van der Waals surface area contributed by atoms with E-state index in [1.54, 1.807) is 17.0 Å². The fraction of sp³-hybridized carbons (Fsp3) is 0.526. The number of benzene rings is 1. The normalized spacial score (nSPS) is 22.8. The summed E-state index contributed by atoms with van der Waals surface area (Å²) in [6, 6.07) is 6.35. The number of piperazine rings is 1. The van der Waals surface area contributed by atoms with Crippen molar-refractivity contribution in [2.24, 2.45) is 5.92 Å². The molecule has 2 aliphatic rings. The lowest BCUT2D eigenvalue weighted by atomic mass is 9.86. The first-order valence-electron chi connectivity index (χ1n) is 9.21. The number of nitrogens with one attached hydrogen (secondary N) is 1. The van der Waals surface area contributed by atoms with Crippen LogP contribution in [0.25, 0.3) is 0 Å². The Kier molecular flexibility index (Phi) is 5.79. The predicted octanol–water partition coefficient (Wildman–Crippen LogP) is 2.17. The predicted molar refractivity (Wildman–Crippen MR) is 96.8 cm³/mol. The van der Waals surface area contributed by atoms with Crippen LogP contribution in [0.2, 0.25) is 0 Å². The van der Waals surface area contributed by atoms with Crippen molar-refractivity contribution >= 4 is 17.7 Å². The molecule has 0 unspecified atom stereocenters. The highest BCUT2D eigenvalue weighted by atomic mass is 19.1. The molecule has 1 aliphatic carbocycles. The molecule has 0 bridgehead atoms. The number of anilines is 1. The molecule has 2 N–H and O–H groups in total. The van der Waals surface area contributed by atoms with E-state index in [9.17, 15) is 19.2 Å². The number of nitrogens with zero attached hydrogens (tertiary/aromatic N) is 3. The van der Waals surface area contributed by atoms with E-state index in [2.05, 4.69) is 5.32 Å². The molecular weight excluding hydrogens is 351 g/mol. The van der Waals surface area contributed by atoms with Crippen molar-refractivity contribution in [3.05, 3.63) is 29.6 Å². The third-order valence-electron chi connectivity index (χ3n) is 5.42. The Labute approximate surface area is 157 Å². The van der Waals surface area contributed by atoms with Crippen LogP contribution < -0.4 is 10.2 Å². The van der Waals surface area contributed by atoms with Crippen molar-refractivity contribution in [1.82, 2.24) is 10.2 Å². The van der Waals surface area contributed by atoms with Crippen LogP contribution in [0.15, 0.2) is 18.2 Å². The molecule has 1 aliphatic heterocycles. The zero-order valence-corrected chi connectivity index (χ0v) is 15.0. The van der Waals surface area contributed by atoms with Crippen LogP contribution >= 0.6 is 0 Å². The summed E-state index contributed by atoms with van der Waals surface area (Å²) in [5.41, 5.74) is 0.593. The van der Waals surface area contributed by atoms with Gasteiger partial charge >= 0.3 is 12.0 Å². The summed E-state index contributed by atoms with van der Waals surface area (Å²) in [6.45, 7) is 2.02. The lowest BCUT2D eigenvalue weighted by Crippen LogP contribution is -2.54. The van der Waals surface area contributed by atoms with E-state index in [0.29, 0.717) is 57.5 Å². The highest BCUT2D eigenvalue weighted by molar-refractivity contribution is 5.75. The van der Waals surface area contributed by atoms with Crippen molar-refractivity contribution in [3.8, 4) is 6.07 Å². The molecule has 27 heavy (non-hydrogen) atoms. The fourth-order valence-electron chi connectivity index (χ4n) is 3.79. The summed E-state index contributed by atoms with van der Waals surface area (Å²) in [4.78, 5) is 27.1. The number of hydrogen-bond acceptors (Lipinski definition) is 4. The Morgan fingerprint density at radius 2 is 1.81 bits per heavy atom. The van der Waals surface area contributed by atoms with E-state index in [1.807, 2.05) is 11.0 Å². The van der Waals surface area contributed by atoms with Crippen LogP contribution in [0.5, 0.6) is 0 Å². The molecule has 2 fully saturated rings. The second-order valence-electron chi connectivity index (χ2n) is 7.06. The Morgan fingerprint density at radius 1 is 1.15 bits per heavy atom. The topological polar surface area (TPSA) is 96.7 Å². The van der Waals surface area contributed by atoms with Gasteiger partial charge in [0.25, 0.3) is 0 Å². The minimum absolute atomic E-state index is 0.0135. The van der Waals surface area contributed by atoms with Gasteiger partial charge in [-0.25, -0.2) is 9.18 Å². The maximum Gasteiger partial charge on any atom is 0.317 e. The van der Waals surface area contributed by atoms with Crippen LogP contribution in [-0.2, 0) is 4.79 Å². The number of rotatable bonds is 3. The van der Waals surface area contributed by atoms with E-state index in [1.165, 1.54) is 6.07 Å². The summed E-state index contributed by atoms with van der Waals surface area (Å²) in [5.74, 6) is -1.60. The largest absolute Gasteiger partial charge is 0.481 e. The quantitative estimate of drug-likeness (QED) is 0.845. The van der Waals surface area contributed by atoms with Gasteiger partial charge in [0.05, 0.1) is 11.6 Å². The third-order valence-corrected chi connectivity index (χ3v) is 5.42. The van der Waals surface area contributed by atoms with Gasteiger partial charge in [-0.05, 0) is 37.8 Å². The van der Waals surface area contributed by atoms with E-state index in [4.69, 9.17) is 5.11 Å². The molecule has 144 valence electrons. The van der Waals surface area contributed by atoms with Gasteiger partial charge in [0.15, 0.2) is 0 Å². The summed E-state index contributed by atoms with van der Waals surface area (Å²) >= 11 is 0. The SMILES string of the molecule is N#Cc1c(F)cccc1N1CCN(C(=O)NC2CCC(C(=O)O)CC2)CC1. The molecule has 1 saturated heterocycles. The number of carboxylic acids is 1. The van der Waals surface area contributed by atoms with E-state index < -0.39 is 11.8 Å². The van der Waals surface area contributed by atoms with Crippen molar-refractivity contribution in [2.45, 2.75) is 31.7 Å². The van der Waals surface area contributed by atoms with Crippen LogP contribution in [0, 0.1) is 23.1 Å². The second kappa shape index (κ2) is 8.25. The smallest absolute Gasteiger partial charge is 0.317 e. The summed E-state index contributed by atoms with van der Waals surface area (Å²) in [7, 11) is 0. The number of amides is 2. The molecule has 7 nitrogen and oxygen atoms in total. The number of halogens is 1. The number of nitriles is 1. The molecule has 1 aromatic rings. The number of aliphatic carboxylic acids is 1. The van der Waals surface area contributed by atoms with Crippen molar-refractivity contribution in [3.63, 3.8) is 0 Å². The number of carbonyl (C=O) groups is 2. The van der Waals surface area contributed by atoms with Gasteiger partial charge in [0.1, 0.15) is 17.4 Å². The molecule has 0 atom stereocenters. The molecule has 2 amide bonds. The Morgan fingerprint density at radius 3 is 2.41 bits per heavy atom. The minimum Gasteiger partial charge on any atom is -0.481 e. The molecule has 0 spiro atoms. The van der Waals surface area contributed by atoms with Gasteiger partial charge in [-0.3, -0.25) is 4.79 Å². The van der Waals surface area contributed by atoms with Crippen molar-refractivity contribution in [2.75, 3.05) is 31.1 Å². The number of carboxylic acid groups (broad SMARTS) is 1. The first kappa shape index (κ1) is 19.0. The average Bonchev–Trinajstić information content (AvgIpc) is 2.68. The highest BCUT2D eigenvalue weighted by Gasteiger charge is 2.29. The van der Waals surface area contributed by atoms with Gasteiger partial charge in [-0.15, -0.1) is 0 Å². The van der Waals surface area contributed by atoms with E-state index in [-0.39, 0.29) is 23.6 Å². The summed E-state index contributed by atoms with van der Waals surface area (Å²) in [5, 5.41) is 21.2.